The van der Waals surface area contributed by atoms with Crippen LogP contribution in [0.4, 0.5) is 4.79 Å². The fourth-order valence-corrected chi connectivity index (χ4v) is 4.53. The molecule has 3 amide bonds. The Kier molecular flexibility index (Phi) is 9.09. The van der Waals surface area contributed by atoms with E-state index in [0.717, 1.165) is 29.7 Å². The highest BCUT2D eigenvalue weighted by atomic mass is 16.6. The molecule has 0 aliphatic heterocycles. The molecular formula is C33H39N3O6. The van der Waals surface area contributed by atoms with Gasteiger partial charge in [0.1, 0.15) is 29.0 Å². The van der Waals surface area contributed by atoms with Crippen molar-refractivity contribution in [2.45, 2.75) is 77.5 Å². The van der Waals surface area contributed by atoms with Crippen LogP contribution in [0.1, 0.15) is 75.9 Å². The number of rotatable bonds is 8. The summed E-state index contributed by atoms with van der Waals surface area (Å²) in [5.41, 5.74) is 6.50. The molecule has 0 spiro atoms. The predicted molar refractivity (Wildman–Crippen MR) is 160 cm³/mol. The number of benzene rings is 3. The largest absolute Gasteiger partial charge is 0.490 e. The van der Waals surface area contributed by atoms with Gasteiger partial charge in [0.25, 0.3) is 5.91 Å². The summed E-state index contributed by atoms with van der Waals surface area (Å²) in [4.78, 5) is 34.9. The van der Waals surface area contributed by atoms with Crippen molar-refractivity contribution in [2.75, 3.05) is 0 Å². The molecule has 222 valence electrons. The Morgan fingerprint density at radius 3 is 1.71 bits per heavy atom. The second-order valence-electron chi connectivity index (χ2n) is 12.0. The molecular weight excluding hydrogens is 534 g/mol. The lowest BCUT2D eigenvalue weighted by atomic mass is 9.78. The van der Waals surface area contributed by atoms with Gasteiger partial charge >= 0.3 is 6.09 Å². The lowest BCUT2D eigenvalue weighted by Gasteiger charge is -2.36. The Hall–Kier alpha value is -4.53. The molecule has 0 unspecified atom stereocenters. The molecule has 0 radical (unpaired) electrons. The van der Waals surface area contributed by atoms with Gasteiger partial charge in [-0.3, -0.25) is 20.4 Å². The van der Waals surface area contributed by atoms with E-state index in [9.17, 15) is 14.4 Å². The molecule has 0 saturated heterocycles. The maximum Gasteiger partial charge on any atom is 0.407 e. The predicted octanol–water partition coefficient (Wildman–Crippen LogP) is 6.02. The highest BCUT2D eigenvalue weighted by Gasteiger charge is 2.33. The van der Waals surface area contributed by atoms with E-state index in [2.05, 4.69) is 42.1 Å². The number of hydrogen-bond acceptors (Lipinski definition) is 6. The number of carbonyl (C=O) groups excluding carboxylic acids is 3. The highest BCUT2D eigenvalue weighted by Crippen LogP contribution is 2.35. The minimum Gasteiger partial charge on any atom is -0.490 e. The minimum atomic E-state index is -0.513. The fourth-order valence-electron chi connectivity index (χ4n) is 4.53. The van der Waals surface area contributed by atoms with Crippen LogP contribution in [0.15, 0.2) is 72.8 Å². The molecule has 1 saturated carbocycles. The number of hydrazine groups is 1. The molecule has 3 aromatic carbocycles. The number of carbonyl (C=O) groups is 3. The monoisotopic (exact) mass is 573 g/mol. The van der Waals surface area contributed by atoms with Crippen LogP contribution in [0.5, 0.6) is 17.2 Å². The van der Waals surface area contributed by atoms with E-state index in [-0.39, 0.29) is 23.5 Å². The lowest BCUT2D eigenvalue weighted by Crippen LogP contribution is -2.50. The van der Waals surface area contributed by atoms with Gasteiger partial charge in [-0.2, -0.15) is 0 Å². The number of ether oxygens (including phenoxy) is 3. The van der Waals surface area contributed by atoms with Crippen molar-refractivity contribution in [3.63, 3.8) is 0 Å². The zero-order valence-corrected chi connectivity index (χ0v) is 24.9. The minimum absolute atomic E-state index is 0.0634. The van der Waals surface area contributed by atoms with Crippen molar-refractivity contribution >= 4 is 17.9 Å². The first-order valence-corrected chi connectivity index (χ1v) is 14.0. The van der Waals surface area contributed by atoms with E-state index in [0.29, 0.717) is 17.1 Å². The molecule has 0 atom stereocenters. The van der Waals surface area contributed by atoms with Crippen molar-refractivity contribution in [3.8, 4) is 17.2 Å². The van der Waals surface area contributed by atoms with Gasteiger partial charge in [-0.25, -0.2) is 4.79 Å². The first kappa shape index (κ1) is 30.4. The summed E-state index contributed by atoms with van der Waals surface area (Å²) in [5, 5.41) is 2.89. The number of alkyl carbamates (subject to hydrolysis) is 1. The van der Waals surface area contributed by atoms with Crippen LogP contribution in [-0.4, -0.2) is 35.7 Å². The van der Waals surface area contributed by atoms with Gasteiger partial charge in [-0.15, -0.1) is 0 Å². The van der Waals surface area contributed by atoms with E-state index >= 15 is 0 Å². The molecule has 1 aliphatic carbocycles. The van der Waals surface area contributed by atoms with Crippen molar-refractivity contribution < 1.29 is 28.6 Å². The van der Waals surface area contributed by atoms with Crippen LogP contribution >= 0.6 is 0 Å². The average molecular weight is 574 g/mol. The van der Waals surface area contributed by atoms with Crippen LogP contribution in [0.2, 0.25) is 0 Å². The molecule has 9 heteroatoms. The van der Waals surface area contributed by atoms with E-state index in [1.165, 1.54) is 6.92 Å². The maximum absolute atomic E-state index is 12.0. The molecule has 42 heavy (non-hydrogen) atoms. The van der Waals surface area contributed by atoms with Gasteiger partial charge in [-0.05, 0) is 80.4 Å². The third kappa shape index (κ3) is 8.25. The van der Waals surface area contributed by atoms with E-state index in [4.69, 9.17) is 14.2 Å². The molecule has 3 N–H and O–H groups in total. The second-order valence-corrected chi connectivity index (χ2v) is 12.0. The van der Waals surface area contributed by atoms with E-state index in [1.54, 1.807) is 24.3 Å². The zero-order valence-electron chi connectivity index (χ0n) is 24.9. The quantitative estimate of drug-likeness (QED) is 0.284. The van der Waals surface area contributed by atoms with Crippen molar-refractivity contribution in [1.82, 2.24) is 16.2 Å². The van der Waals surface area contributed by atoms with Crippen LogP contribution in [0, 0.1) is 0 Å². The first-order chi connectivity index (χ1) is 19.8. The molecule has 1 fully saturated rings. The summed E-state index contributed by atoms with van der Waals surface area (Å²) in [6.07, 6.45) is 1.17. The van der Waals surface area contributed by atoms with Gasteiger partial charge < -0.3 is 19.5 Å². The summed E-state index contributed by atoms with van der Waals surface area (Å²) in [5.74, 6) is 1.31. The highest BCUT2D eigenvalue weighted by molar-refractivity contribution is 5.95. The summed E-state index contributed by atoms with van der Waals surface area (Å²) in [7, 11) is 0. The summed E-state index contributed by atoms with van der Waals surface area (Å²) < 4.78 is 17.4. The fraction of sp³-hybridized carbons (Fsp3) is 0.364. The standard InChI is InChI=1S/C33H39N3O6/c1-21(37)35-36-30(38)22-7-13-26(14-8-22)40-27-15-9-23(10-16-27)33(5,6)24-11-17-28(18-12-24)41-29-19-25(20-29)34-31(39)42-32(2,3)4/h7-18,25,29H,19-20H2,1-6H3,(H,34,39)(H,35,37)(H,36,38)/t25-,29-. The molecule has 0 heterocycles. The second kappa shape index (κ2) is 12.5. The van der Waals surface area contributed by atoms with Gasteiger partial charge in [0.05, 0.1) is 0 Å². The molecule has 9 nitrogen and oxygen atoms in total. The SMILES string of the molecule is CC(=O)NNC(=O)c1ccc(Oc2ccc(C(C)(C)c3ccc(O[C@H]4C[C@H](NC(=O)OC(C)(C)C)C4)cc3)cc2)cc1. The van der Waals surface area contributed by atoms with Gasteiger partial charge in [-0.1, -0.05) is 38.1 Å². The maximum atomic E-state index is 12.0. The van der Waals surface area contributed by atoms with Crippen molar-refractivity contribution in [3.05, 3.63) is 89.5 Å². The molecule has 4 rings (SSSR count). The van der Waals surface area contributed by atoms with E-state index in [1.807, 2.05) is 57.2 Å². The Morgan fingerprint density at radius 2 is 1.21 bits per heavy atom. The third-order valence-corrected chi connectivity index (χ3v) is 6.97. The number of nitrogens with one attached hydrogen (secondary N) is 3. The Morgan fingerprint density at radius 1 is 0.714 bits per heavy atom. The average Bonchev–Trinajstić information content (AvgIpc) is 2.90. The topological polar surface area (TPSA) is 115 Å². The summed E-state index contributed by atoms with van der Waals surface area (Å²) in [6, 6.07) is 22.8. The van der Waals surface area contributed by atoms with Crippen molar-refractivity contribution in [2.24, 2.45) is 0 Å². The van der Waals surface area contributed by atoms with E-state index < -0.39 is 17.6 Å². The van der Waals surface area contributed by atoms with Gasteiger partial charge in [0.15, 0.2) is 0 Å². The Labute approximate surface area is 246 Å². The van der Waals surface area contributed by atoms with Crippen molar-refractivity contribution in [1.29, 1.82) is 0 Å². The van der Waals surface area contributed by atoms with Crippen LogP contribution in [-0.2, 0) is 14.9 Å². The van der Waals surface area contributed by atoms with Crippen LogP contribution in [0.3, 0.4) is 0 Å². The number of amides is 3. The zero-order chi connectivity index (χ0) is 30.5. The smallest absolute Gasteiger partial charge is 0.407 e. The number of hydrogen-bond donors (Lipinski definition) is 3. The molecule has 3 aromatic rings. The third-order valence-electron chi connectivity index (χ3n) is 6.97. The first-order valence-electron chi connectivity index (χ1n) is 14.0. The summed E-state index contributed by atoms with van der Waals surface area (Å²) >= 11 is 0. The van der Waals surface area contributed by atoms with Gasteiger partial charge in [0.2, 0.25) is 5.91 Å². The lowest BCUT2D eigenvalue weighted by molar-refractivity contribution is -0.119. The van der Waals surface area contributed by atoms with Crippen LogP contribution < -0.4 is 25.6 Å². The molecule has 0 bridgehead atoms. The van der Waals surface area contributed by atoms with Gasteiger partial charge in [0, 0.05) is 36.8 Å². The van der Waals surface area contributed by atoms with Crippen LogP contribution in [0.25, 0.3) is 0 Å². The normalized spacial score (nSPS) is 16.4. The molecule has 0 aromatic heterocycles. The molecule has 1 aliphatic rings. The Bertz CT molecular complexity index is 1390. The Balaban J connectivity index is 1.28. The summed E-state index contributed by atoms with van der Waals surface area (Å²) in [6.45, 7) is 11.2.